The fraction of sp³-hybridized carbons (Fsp3) is 0.478. The van der Waals surface area contributed by atoms with Crippen molar-refractivity contribution in [3.63, 3.8) is 0 Å². The minimum atomic E-state index is -0.211. The Kier molecular flexibility index (Phi) is 5.35. The fourth-order valence-corrected chi connectivity index (χ4v) is 4.53. The second-order valence-electron chi connectivity index (χ2n) is 8.04. The van der Waals surface area contributed by atoms with E-state index in [-0.39, 0.29) is 18.5 Å². The van der Waals surface area contributed by atoms with Gasteiger partial charge in [-0.15, -0.1) is 0 Å². The number of phenolic OH excluding ortho intramolecular Hbond substituents is 1. The van der Waals surface area contributed by atoms with Gasteiger partial charge in [-0.05, 0) is 48.1 Å². The molecule has 2 aromatic rings. The van der Waals surface area contributed by atoms with Crippen molar-refractivity contribution in [2.45, 2.75) is 25.7 Å². The van der Waals surface area contributed by atoms with Gasteiger partial charge in [0.25, 0.3) is 0 Å². The third-order valence-electron chi connectivity index (χ3n) is 6.09. The van der Waals surface area contributed by atoms with E-state index in [1.165, 1.54) is 11.1 Å². The van der Waals surface area contributed by atoms with Gasteiger partial charge in [-0.25, -0.2) is 0 Å². The summed E-state index contributed by atoms with van der Waals surface area (Å²) in [6, 6.07) is 14.2. The zero-order chi connectivity index (χ0) is 18.8. The summed E-state index contributed by atoms with van der Waals surface area (Å²) in [5, 5.41) is 10.4. The van der Waals surface area contributed by atoms with E-state index in [0.717, 1.165) is 43.8 Å². The number of alkyl halides is 1. The summed E-state index contributed by atoms with van der Waals surface area (Å²) in [5.74, 6) is 2.21. The first-order chi connectivity index (χ1) is 13.2. The molecule has 0 aromatic heterocycles. The van der Waals surface area contributed by atoms with Crippen LogP contribution in [0, 0.1) is 11.8 Å². The summed E-state index contributed by atoms with van der Waals surface area (Å²) in [5.41, 5.74) is 3.58. The van der Waals surface area contributed by atoms with Gasteiger partial charge >= 0.3 is 0 Å². The lowest BCUT2D eigenvalue weighted by atomic mass is 9.72. The minimum absolute atomic E-state index is 0.211. The Bertz CT molecular complexity index is 770. The quantitative estimate of drug-likeness (QED) is 0.820. The smallest absolute Gasteiger partial charge is 0.119 e. The van der Waals surface area contributed by atoms with E-state index < -0.39 is 0 Å². The Morgan fingerprint density at radius 3 is 2.67 bits per heavy atom. The highest BCUT2D eigenvalue weighted by Crippen LogP contribution is 2.44. The predicted octanol–water partition coefficient (Wildman–Crippen LogP) is 4.39. The van der Waals surface area contributed by atoms with Gasteiger partial charge in [0.2, 0.25) is 0 Å². The zero-order valence-corrected chi connectivity index (χ0v) is 15.9. The number of rotatable bonds is 6. The fourth-order valence-electron chi connectivity index (χ4n) is 4.53. The van der Waals surface area contributed by atoms with E-state index in [4.69, 9.17) is 4.74 Å². The zero-order valence-electron chi connectivity index (χ0n) is 15.9. The van der Waals surface area contributed by atoms with Crippen LogP contribution in [0.2, 0.25) is 0 Å². The molecular formula is C23H28FNO2. The Morgan fingerprint density at radius 2 is 1.93 bits per heavy atom. The lowest BCUT2D eigenvalue weighted by Gasteiger charge is -2.37. The summed E-state index contributed by atoms with van der Waals surface area (Å²) in [4.78, 5) is 2.22. The molecule has 27 heavy (non-hydrogen) atoms. The molecule has 0 saturated carbocycles. The van der Waals surface area contributed by atoms with Gasteiger partial charge in [0.15, 0.2) is 0 Å². The van der Waals surface area contributed by atoms with Crippen molar-refractivity contribution in [1.29, 1.82) is 0 Å². The molecule has 0 amide bonds. The van der Waals surface area contributed by atoms with Crippen LogP contribution in [0.25, 0.3) is 0 Å². The molecule has 0 unspecified atom stereocenters. The molecule has 1 heterocycles. The second kappa shape index (κ2) is 7.89. The van der Waals surface area contributed by atoms with Gasteiger partial charge in [-0.2, -0.15) is 0 Å². The first-order valence-electron chi connectivity index (χ1n) is 9.97. The molecule has 1 aliphatic carbocycles. The van der Waals surface area contributed by atoms with Crippen LogP contribution in [0.5, 0.6) is 11.5 Å². The highest BCUT2D eigenvalue weighted by Gasteiger charge is 2.30. The van der Waals surface area contributed by atoms with Crippen molar-refractivity contribution in [2.24, 2.45) is 11.8 Å². The van der Waals surface area contributed by atoms with Crippen molar-refractivity contribution in [3.8, 4) is 11.5 Å². The largest absolute Gasteiger partial charge is 0.508 e. The number of benzene rings is 2. The average molecular weight is 369 g/mol. The summed E-state index contributed by atoms with van der Waals surface area (Å²) in [6.45, 7) is 5.23. The van der Waals surface area contributed by atoms with Crippen LogP contribution in [0.4, 0.5) is 4.39 Å². The number of phenols is 1. The number of hydrogen-bond acceptors (Lipinski definition) is 3. The van der Waals surface area contributed by atoms with Crippen LogP contribution in [-0.4, -0.2) is 42.9 Å². The number of aryl methyl sites for hydroxylation is 1. The molecule has 1 saturated heterocycles. The third-order valence-corrected chi connectivity index (χ3v) is 6.09. The highest BCUT2D eigenvalue weighted by atomic mass is 19.1. The maximum Gasteiger partial charge on any atom is 0.119 e. The van der Waals surface area contributed by atoms with Crippen molar-refractivity contribution < 1.29 is 14.2 Å². The highest BCUT2D eigenvalue weighted by molar-refractivity contribution is 5.49. The molecule has 4 heteroatoms. The van der Waals surface area contributed by atoms with Gasteiger partial charge in [-0.1, -0.05) is 31.2 Å². The van der Waals surface area contributed by atoms with E-state index in [9.17, 15) is 9.50 Å². The van der Waals surface area contributed by atoms with Crippen LogP contribution in [0.1, 0.15) is 36.0 Å². The number of aromatic hydroxyl groups is 1. The third kappa shape index (κ3) is 3.81. The van der Waals surface area contributed by atoms with Crippen molar-refractivity contribution >= 4 is 0 Å². The number of hydrogen-bond donors (Lipinski definition) is 1. The maximum atomic E-state index is 12.5. The monoisotopic (exact) mass is 369 g/mol. The summed E-state index contributed by atoms with van der Waals surface area (Å²) in [6.07, 6.45) is 2.16. The van der Waals surface area contributed by atoms with E-state index in [2.05, 4.69) is 30.0 Å². The van der Waals surface area contributed by atoms with E-state index in [1.54, 1.807) is 6.07 Å². The Morgan fingerprint density at radius 1 is 1.15 bits per heavy atom. The van der Waals surface area contributed by atoms with Crippen LogP contribution in [0.3, 0.4) is 0 Å². The topological polar surface area (TPSA) is 32.7 Å². The SMILES string of the molecule is C[C@@H]1CCc2cccc(O)c2[C@@H]1c1ccc(OCCN2CC(CF)C2)cc1. The average Bonchev–Trinajstić information content (AvgIpc) is 2.65. The summed E-state index contributed by atoms with van der Waals surface area (Å²) >= 11 is 0. The summed E-state index contributed by atoms with van der Waals surface area (Å²) < 4.78 is 18.3. The molecule has 3 nitrogen and oxygen atoms in total. The molecule has 1 N–H and O–H groups in total. The molecular weight excluding hydrogens is 341 g/mol. The molecule has 2 aliphatic rings. The van der Waals surface area contributed by atoms with Gasteiger partial charge in [0.1, 0.15) is 18.1 Å². The van der Waals surface area contributed by atoms with Crippen molar-refractivity contribution in [3.05, 3.63) is 59.2 Å². The van der Waals surface area contributed by atoms with Gasteiger partial charge < -0.3 is 9.84 Å². The molecule has 1 aliphatic heterocycles. The number of likely N-dealkylation sites (tertiary alicyclic amines) is 1. The summed E-state index contributed by atoms with van der Waals surface area (Å²) in [7, 11) is 0. The molecule has 2 aromatic carbocycles. The standard InChI is InChI=1S/C23H28FNO2/c1-16-5-6-18-3-2-4-21(26)23(18)22(16)19-7-9-20(10-8-19)27-12-11-25-14-17(13-24)15-25/h2-4,7-10,16-17,22,26H,5-6,11-15H2,1H3/t16-,22+/m1/s1. The van der Waals surface area contributed by atoms with E-state index in [1.807, 2.05) is 18.2 Å². The molecule has 0 radical (unpaired) electrons. The Hall–Kier alpha value is -2.07. The maximum absolute atomic E-state index is 12.5. The lowest BCUT2D eigenvalue weighted by Crippen LogP contribution is -2.49. The molecule has 4 rings (SSSR count). The van der Waals surface area contributed by atoms with Gasteiger partial charge in [-0.3, -0.25) is 9.29 Å². The second-order valence-corrected chi connectivity index (χ2v) is 8.04. The molecule has 1 fully saturated rings. The normalized spacial score (nSPS) is 22.9. The van der Waals surface area contributed by atoms with E-state index >= 15 is 0 Å². The van der Waals surface area contributed by atoms with E-state index in [0.29, 0.717) is 18.3 Å². The molecule has 144 valence electrons. The van der Waals surface area contributed by atoms with Crippen LogP contribution in [0.15, 0.2) is 42.5 Å². The van der Waals surface area contributed by atoms with Crippen LogP contribution >= 0.6 is 0 Å². The lowest BCUT2D eigenvalue weighted by molar-refractivity contribution is 0.0668. The molecule has 0 bridgehead atoms. The Balaban J connectivity index is 1.41. The molecule has 2 atom stereocenters. The first-order valence-corrected chi connectivity index (χ1v) is 9.97. The molecule has 0 spiro atoms. The number of fused-ring (bicyclic) bond motifs is 1. The van der Waals surface area contributed by atoms with Crippen LogP contribution in [-0.2, 0) is 6.42 Å². The Labute approximate surface area is 160 Å². The number of ether oxygens (including phenoxy) is 1. The van der Waals surface area contributed by atoms with Crippen molar-refractivity contribution in [2.75, 3.05) is 32.9 Å². The number of halogens is 1. The van der Waals surface area contributed by atoms with Crippen LogP contribution < -0.4 is 4.74 Å². The minimum Gasteiger partial charge on any atom is -0.508 e. The van der Waals surface area contributed by atoms with Crippen molar-refractivity contribution in [1.82, 2.24) is 4.90 Å². The number of nitrogens with zero attached hydrogens (tertiary/aromatic N) is 1. The first kappa shape index (κ1) is 18.3. The van der Waals surface area contributed by atoms with Gasteiger partial charge in [0.05, 0.1) is 6.67 Å². The predicted molar refractivity (Wildman–Crippen MR) is 105 cm³/mol. The van der Waals surface area contributed by atoms with Gasteiger partial charge in [0, 0.05) is 37.0 Å².